The van der Waals surface area contributed by atoms with Crippen molar-refractivity contribution >= 4 is 5.97 Å². The van der Waals surface area contributed by atoms with Gasteiger partial charge in [-0.1, -0.05) is 12.1 Å². The number of hydrogen-bond donors (Lipinski definition) is 1. The summed E-state index contributed by atoms with van der Waals surface area (Å²) >= 11 is 0. The molecule has 1 atom stereocenters. The van der Waals surface area contributed by atoms with Crippen LogP contribution in [0.3, 0.4) is 0 Å². The van der Waals surface area contributed by atoms with E-state index in [1.54, 1.807) is 7.05 Å². The van der Waals surface area contributed by atoms with Crippen LogP contribution >= 0.6 is 0 Å². The molecule has 104 valence electrons. The van der Waals surface area contributed by atoms with Gasteiger partial charge in [0.1, 0.15) is 12.4 Å². The van der Waals surface area contributed by atoms with Crippen LogP contribution in [0.25, 0.3) is 0 Å². The molecule has 0 heterocycles. The number of hydrogen-bond acceptors (Lipinski definition) is 4. The van der Waals surface area contributed by atoms with Gasteiger partial charge in [-0.3, -0.25) is 0 Å². The highest BCUT2D eigenvalue weighted by molar-refractivity contribution is 5.82. The van der Waals surface area contributed by atoms with Crippen LogP contribution in [0.15, 0.2) is 24.3 Å². The molecule has 1 aromatic rings. The van der Waals surface area contributed by atoms with E-state index in [1.165, 1.54) is 7.11 Å². The summed E-state index contributed by atoms with van der Waals surface area (Å²) in [6.07, 6.45) is 2.07. The number of methoxy groups -OCH3 is 1. The van der Waals surface area contributed by atoms with Crippen molar-refractivity contribution < 1.29 is 14.3 Å². The highest BCUT2D eigenvalue weighted by Gasteiger charge is 2.51. The van der Waals surface area contributed by atoms with E-state index in [0.717, 1.165) is 24.2 Å². The Labute approximate surface area is 114 Å². The second-order valence-corrected chi connectivity index (χ2v) is 5.09. The van der Waals surface area contributed by atoms with Crippen molar-refractivity contribution in [1.29, 1.82) is 0 Å². The Morgan fingerprint density at radius 1 is 1.47 bits per heavy atom. The van der Waals surface area contributed by atoms with Crippen molar-refractivity contribution in [2.75, 3.05) is 20.8 Å². The number of carbonyl (C=O) groups excluding carboxylic acids is 1. The summed E-state index contributed by atoms with van der Waals surface area (Å²) < 4.78 is 10.7. The first-order valence-corrected chi connectivity index (χ1v) is 6.59. The predicted molar refractivity (Wildman–Crippen MR) is 73.2 cm³/mol. The fraction of sp³-hybridized carbons (Fsp3) is 0.533. The molecule has 1 N–H and O–H groups in total. The van der Waals surface area contributed by atoms with E-state index in [-0.39, 0.29) is 5.97 Å². The van der Waals surface area contributed by atoms with Crippen LogP contribution < -0.4 is 10.1 Å². The number of carbonyl (C=O) groups is 1. The minimum absolute atomic E-state index is 0.245. The number of benzene rings is 1. The number of likely N-dealkylation sites (N-methyl/N-ethyl adjacent to an activating group) is 1. The molecule has 0 bridgehead atoms. The molecule has 1 aliphatic carbocycles. The van der Waals surface area contributed by atoms with Crippen molar-refractivity contribution in [2.45, 2.75) is 25.3 Å². The third kappa shape index (κ3) is 2.89. The minimum Gasteiger partial charge on any atom is -0.491 e. The van der Waals surface area contributed by atoms with E-state index < -0.39 is 5.54 Å². The maximum absolute atomic E-state index is 12.1. The monoisotopic (exact) mass is 263 g/mol. The van der Waals surface area contributed by atoms with E-state index in [9.17, 15) is 4.79 Å². The molecule has 2 rings (SSSR count). The first kappa shape index (κ1) is 13.9. The molecule has 0 aliphatic heterocycles. The molecule has 4 heteroatoms. The van der Waals surface area contributed by atoms with Gasteiger partial charge in [-0.05, 0) is 50.4 Å². The standard InChI is InChI=1S/C15H21NO3/c1-11-5-4-6-13(9-11)19-10-15(16-2,12-7-8-12)14(17)18-3/h4-6,9,12,16H,7-8,10H2,1-3H3. The van der Waals surface area contributed by atoms with Crippen molar-refractivity contribution in [3.05, 3.63) is 29.8 Å². The third-order valence-electron chi connectivity index (χ3n) is 3.73. The van der Waals surface area contributed by atoms with Crippen LogP contribution in [0.5, 0.6) is 5.75 Å². The second-order valence-electron chi connectivity index (χ2n) is 5.09. The zero-order chi connectivity index (χ0) is 13.9. The summed E-state index contributed by atoms with van der Waals surface area (Å²) in [6.45, 7) is 2.31. The summed E-state index contributed by atoms with van der Waals surface area (Å²) in [7, 11) is 3.21. The van der Waals surface area contributed by atoms with Crippen LogP contribution in [0.4, 0.5) is 0 Å². The van der Waals surface area contributed by atoms with Crippen LogP contribution in [-0.2, 0) is 9.53 Å². The lowest BCUT2D eigenvalue weighted by atomic mass is 9.94. The second kappa shape index (κ2) is 5.61. The molecule has 1 saturated carbocycles. The van der Waals surface area contributed by atoms with E-state index >= 15 is 0 Å². The maximum Gasteiger partial charge on any atom is 0.329 e. The van der Waals surface area contributed by atoms with Crippen molar-refractivity contribution in [3.63, 3.8) is 0 Å². The summed E-state index contributed by atoms with van der Waals surface area (Å²) in [5, 5.41) is 3.11. The normalized spacial score (nSPS) is 17.6. The van der Waals surface area contributed by atoms with Crippen molar-refractivity contribution in [3.8, 4) is 5.75 Å². The van der Waals surface area contributed by atoms with Crippen molar-refractivity contribution in [2.24, 2.45) is 5.92 Å². The van der Waals surface area contributed by atoms with E-state index in [4.69, 9.17) is 9.47 Å². The number of aryl methyl sites for hydroxylation is 1. The average molecular weight is 263 g/mol. The van der Waals surface area contributed by atoms with Crippen LogP contribution in [0.1, 0.15) is 18.4 Å². The molecule has 1 fully saturated rings. The van der Waals surface area contributed by atoms with Gasteiger partial charge in [-0.25, -0.2) is 4.79 Å². The SMILES string of the molecule is CNC(COc1cccc(C)c1)(C(=O)OC)C1CC1. The van der Waals surface area contributed by atoms with Gasteiger partial charge in [0.15, 0.2) is 5.54 Å². The average Bonchev–Trinajstić information content (AvgIpc) is 3.24. The van der Waals surface area contributed by atoms with Crippen LogP contribution in [-0.4, -0.2) is 32.3 Å². The number of esters is 1. The third-order valence-corrected chi connectivity index (χ3v) is 3.73. The quantitative estimate of drug-likeness (QED) is 0.797. The van der Waals surface area contributed by atoms with Gasteiger partial charge in [0.05, 0.1) is 7.11 Å². The van der Waals surface area contributed by atoms with E-state index in [2.05, 4.69) is 5.32 Å². The molecule has 0 aromatic heterocycles. The van der Waals surface area contributed by atoms with Crippen LogP contribution in [0.2, 0.25) is 0 Å². The topological polar surface area (TPSA) is 47.6 Å². The minimum atomic E-state index is -0.724. The van der Waals surface area contributed by atoms with Gasteiger partial charge in [0, 0.05) is 0 Å². The summed E-state index contributed by atoms with van der Waals surface area (Å²) in [5.74, 6) is 0.837. The summed E-state index contributed by atoms with van der Waals surface area (Å²) in [6, 6.07) is 7.82. The Kier molecular flexibility index (Phi) is 4.10. The molecular formula is C15H21NO3. The largest absolute Gasteiger partial charge is 0.491 e. The van der Waals surface area contributed by atoms with Crippen molar-refractivity contribution in [1.82, 2.24) is 5.32 Å². The number of rotatable bonds is 6. The molecule has 0 saturated heterocycles. The van der Waals surface area contributed by atoms with E-state index in [1.807, 2.05) is 31.2 Å². The Morgan fingerprint density at radius 3 is 2.74 bits per heavy atom. The molecule has 4 nitrogen and oxygen atoms in total. The zero-order valence-electron chi connectivity index (χ0n) is 11.7. The zero-order valence-corrected chi connectivity index (χ0v) is 11.7. The lowest BCUT2D eigenvalue weighted by Gasteiger charge is -2.30. The first-order chi connectivity index (χ1) is 9.12. The van der Waals surface area contributed by atoms with Gasteiger partial charge in [-0.15, -0.1) is 0 Å². The summed E-state index contributed by atoms with van der Waals surface area (Å²) in [4.78, 5) is 12.1. The Balaban J connectivity index is 2.10. The highest BCUT2D eigenvalue weighted by Crippen LogP contribution is 2.40. The Hall–Kier alpha value is -1.55. The van der Waals surface area contributed by atoms with Gasteiger partial charge in [-0.2, -0.15) is 0 Å². The lowest BCUT2D eigenvalue weighted by Crippen LogP contribution is -2.57. The molecule has 19 heavy (non-hydrogen) atoms. The Morgan fingerprint density at radius 2 is 2.21 bits per heavy atom. The van der Waals surface area contributed by atoms with E-state index in [0.29, 0.717) is 12.5 Å². The molecular weight excluding hydrogens is 242 g/mol. The smallest absolute Gasteiger partial charge is 0.329 e. The molecule has 1 unspecified atom stereocenters. The Bertz CT molecular complexity index is 456. The molecule has 0 radical (unpaired) electrons. The predicted octanol–water partition coefficient (Wildman–Crippen LogP) is 1.92. The van der Waals surface area contributed by atoms with Crippen LogP contribution in [0, 0.1) is 12.8 Å². The van der Waals surface area contributed by atoms with Gasteiger partial charge in [0.25, 0.3) is 0 Å². The molecule has 0 spiro atoms. The highest BCUT2D eigenvalue weighted by atomic mass is 16.5. The fourth-order valence-electron chi connectivity index (χ4n) is 2.38. The number of ether oxygens (including phenoxy) is 2. The fourth-order valence-corrected chi connectivity index (χ4v) is 2.38. The van der Waals surface area contributed by atoms with Gasteiger partial charge in [0.2, 0.25) is 0 Å². The molecule has 1 aliphatic rings. The lowest BCUT2D eigenvalue weighted by molar-refractivity contribution is -0.151. The summed E-state index contributed by atoms with van der Waals surface area (Å²) in [5.41, 5.74) is 0.412. The van der Waals surface area contributed by atoms with Gasteiger partial charge >= 0.3 is 5.97 Å². The number of nitrogens with one attached hydrogen (secondary N) is 1. The molecule has 1 aromatic carbocycles. The molecule has 0 amide bonds. The van der Waals surface area contributed by atoms with Gasteiger partial charge < -0.3 is 14.8 Å². The maximum atomic E-state index is 12.1. The first-order valence-electron chi connectivity index (χ1n) is 6.59.